The maximum absolute atomic E-state index is 11.7. The van der Waals surface area contributed by atoms with Gasteiger partial charge < -0.3 is 10.2 Å². The molecule has 0 aliphatic rings. The highest BCUT2D eigenvalue weighted by atomic mass is 35.5. The van der Waals surface area contributed by atoms with Crippen LogP contribution in [0.5, 0.6) is 0 Å². The van der Waals surface area contributed by atoms with Gasteiger partial charge in [0.15, 0.2) is 0 Å². The molecule has 2 heterocycles. The maximum atomic E-state index is 11.7. The second kappa shape index (κ2) is 10.6. The van der Waals surface area contributed by atoms with Crippen molar-refractivity contribution in [2.45, 2.75) is 18.4 Å². The summed E-state index contributed by atoms with van der Waals surface area (Å²) < 4.78 is 25.3. The molecule has 2 aromatic heterocycles. The van der Waals surface area contributed by atoms with Gasteiger partial charge in [-0.25, -0.2) is 18.5 Å². The molecule has 190 valence electrons. The topological polar surface area (TPSA) is 119 Å². The van der Waals surface area contributed by atoms with Crippen molar-refractivity contribution >= 4 is 56.5 Å². The van der Waals surface area contributed by atoms with Crippen molar-refractivity contribution in [3.63, 3.8) is 0 Å². The summed E-state index contributed by atoms with van der Waals surface area (Å²) in [5, 5.41) is 14.2. The molecule has 0 amide bonds. The zero-order valence-electron chi connectivity index (χ0n) is 20.2. The Morgan fingerprint density at radius 3 is 2.54 bits per heavy atom. The third-order valence-corrected chi connectivity index (χ3v) is 6.86. The first-order valence-electron chi connectivity index (χ1n) is 11.3. The first kappa shape index (κ1) is 26.1. The van der Waals surface area contributed by atoms with Crippen LogP contribution >= 0.6 is 12.4 Å². The molecule has 0 atom stereocenters. The van der Waals surface area contributed by atoms with Crippen LogP contribution in [-0.2, 0) is 16.6 Å². The van der Waals surface area contributed by atoms with E-state index in [0.717, 1.165) is 22.3 Å². The number of rotatable bonds is 7. The van der Waals surface area contributed by atoms with E-state index < -0.39 is 10.0 Å². The molecule has 5 rings (SSSR count). The van der Waals surface area contributed by atoms with Gasteiger partial charge in [0.1, 0.15) is 5.82 Å². The van der Waals surface area contributed by atoms with Crippen molar-refractivity contribution in [3.05, 3.63) is 96.3 Å². The zero-order valence-corrected chi connectivity index (χ0v) is 21.9. The molecule has 0 aliphatic carbocycles. The predicted molar refractivity (Wildman–Crippen MR) is 148 cm³/mol. The van der Waals surface area contributed by atoms with Crippen molar-refractivity contribution in [2.24, 2.45) is 5.14 Å². The molecule has 0 spiro atoms. The third-order valence-electron chi connectivity index (χ3n) is 5.95. The Balaban J connectivity index is 0.00000320. The van der Waals surface area contributed by atoms with Gasteiger partial charge >= 0.3 is 0 Å². The molecule has 11 heteroatoms. The van der Waals surface area contributed by atoms with Crippen molar-refractivity contribution in [1.82, 2.24) is 19.7 Å². The van der Waals surface area contributed by atoms with Crippen LogP contribution < -0.4 is 15.4 Å². The lowest BCUT2D eigenvalue weighted by Gasteiger charge is -2.19. The summed E-state index contributed by atoms with van der Waals surface area (Å²) >= 11 is 0. The summed E-state index contributed by atoms with van der Waals surface area (Å²) in [6.45, 7) is 2.79. The van der Waals surface area contributed by atoms with Gasteiger partial charge in [-0.2, -0.15) is 10.1 Å². The van der Waals surface area contributed by atoms with Crippen LogP contribution in [0.3, 0.4) is 0 Å². The second-order valence-corrected chi connectivity index (χ2v) is 9.99. The van der Waals surface area contributed by atoms with E-state index in [1.807, 2.05) is 47.0 Å². The molecule has 9 nitrogen and oxygen atoms in total. The number of benzene rings is 3. The molecular formula is C26H26ClN7O2S. The van der Waals surface area contributed by atoms with E-state index in [0.29, 0.717) is 24.0 Å². The number of halogens is 1. The molecule has 5 aromatic rings. The summed E-state index contributed by atoms with van der Waals surface area (Å²) in [5.41, 5.74) is 4.65. The summed E-state index contributed by atoms with van der Waals surface area (Å²) in [6.07, 6.45) is 1.64. The quantitative estimate of drug-likeness (QED) is 0.308. The lowest BCUT2D eigenvalue weighted by Crippen LogP contribution is -2.13. The maximum Gasteiger partial charge on any atom is 0.238 e. The first-order valence-corrected chi connectivity index (χ1v) is 12.8. The van der Waals surface area contributed by atoms with E-state index in [1.54, 1.807) is 24.4 Å². The number of nitrogens with two attached hydrogens (primary N) is 1. The van der Waals surface area contributed by atoms with Gasteiger partial charge in [-0.15, -0.1) is 12.4 Å². The molecular weight excluding hydrogens is 510 g/mol. The molecule has 3 N–H and O–H groups in total. The minimum absolute atomic E-state index is 0. The van der Waals surface area contributed by atoms with Gasteiger partial charge in [-0.05, 0) is 55.0 Å². The number of aryl methyl sites for hydroxylation is 1. The van der Waals surface area contributed by atoms with Crippen LogP contribution in [0.4, 0.5) is 23.1 Å². The summed E-state index contributed by atoms with van der Waals surface area (Å²) in [5.74, 6) is 0.991. The number of fused-ring (bicyclic) bond motifs is 1. The Bertz CT molecular complexity index is 1660. The van der Waals surface area contributed by atoms with Gasteiger partial charge in [0.2, 0.25) is 16.0 Å². The number of nitrogens with zero attached hydrogens (tertiary/aromatic N) is 5. The fourth-order valence-corrected chi connectivity index (χ4v) is 4.54. The highest BCUT2D eigenvalue weighted by molar-refractivity contribution is 7.89. The Labute approximate surface area is 221 Å². The number of sulfonamides is 1. The molecule has 0 unspecified atom stereocenters. The summed E-state index contributed by atoms with van der Waals surface area (Å²) in [4.78, 5) is 10.8. The normalized spacial score (nSPS) is 11.2. The van der Waals surface area contributed by atoms with Crippen molar-refractivity contribution in [3.8, 4) is 0 Å². The smallest absolute Gasteiger partial charge is 0.238 e. The van der Waals surface area contributed by atoms with Crippen molar-refractivity contribution in [2.75, 3.05) is 17.3 Å². The Morgan fingerprint density at radius 2 is 1.78 bits per heavy atom. The largest absolute Gasteiger partial charge is 0.329 e. The molecule has 0 saturated heterocycles. The first-order chi connectivity index (χ1) is 17.3. The molecule has 0 fully saturated rings. The highest BCUT2D eigenvalue weighted by Gasteiger charge is 2.13. The standard InChI is InChI=1S/C26H25N7O2S.ClH/c1-18-23-12-11-21(16-24(23)31-33(18)17-19-7-4-3-5-8-19)32(2)25-13-14-28-26(30-25)29-20-9-6-10-22(15-20)36(27,34)35;/h3-16H,17H2,1-2H3,(H2,27,34,35)(H,28,29,30);1H. The molecule has 0 radical (unpaired) electrons. The van der Waals surface area contributed by atoms with Crippen LogP contribution in [-0.4, -0.2) is 35.2 Å². The lowest BCUT2D eigenvalue weighted by molar-refractivity contribution is 0.598. The Hall–Kier alpha value is -3.99. The Morgan fingerprint density at radius 1 is 1.00 bits per heavy atom. The van der Waals surface area contributed by atoms with Gasteiger partial charge in [0.25, 0.3) is 0 Å². The number of primary sulfonamides is 1. The van der Waals surface area contributed by atoms with Crippen LogP contribution in [0.2, 0.25) is 0 Å². The average molecular weight is 536 g/mol. The highest BCUT2D eigenvalue weighted by Crippen LogP contribution is 2.28. The lowest BCUT2D eigenvalue weighted by atomic mass is 10.2. The fourth-order valence-electron chi connectivity index (χ4n) is 3.98. The monoisotopic (exact) mass is 535 g/mol. The van der Waals surface area contributed by atoms with E-state index in [2.05, 4.69) is 40.4 Å². The number of aromatic nitrogens is 4. The second-order valence-electron chi connectivity index (χ2n) is 8.43. The third kappa shape index (κ3) is 5.72. The van der Waals surface area contributed by atoms with E-state index in [1.165, 1.54) is 17.7 Å². The van der Waals surface area contributed by atoms with Crippen LogP contribution in [0, 0.1) is 6.92 Å². The van der Waals surface area contributed by atoms with E-state index in [9.17, 15) is 8.42 Å². The van der Waals surface area contributed by atoms with Gasteiger partial charge in [-0.3, -0.25) is 4.68 Å². The SMILES string of the molecule is Cc1c2ccc(N(C)c3ccnc(Nc4cccc(S(N)(=O)=O)c4)n3)cc2nn1Cc1ccccc1.Cl. The van der Waals surface area contributed by atoms with E-state index in [4.69, 9.17) is 10.2 Å². The number of hydrogen-bond donors (Lipinski definition) is 2. The average Bonchev–Trinajstić information content (AvgIpc) is 3.18. The number of nitrogens with one attached hydrogen (secondary N) is 1. The minimum atomic E-state index is -3.81. The molecule has 0 aliphatic heterocycles. The van der Waals surface area contributed by atoms with Gasteiger partial charge in [0, 0.05) is 35.7 Å². The van der Waals surface area contributed by atoms with Crippen LogP contribution in [0.15, 0.2) is 90.0 Å². The molecule has 0 saturated carbocycles. The van der Waals surface area contributed by atoms with E-state index >= 15 is 0 Å². The van der Waals surface area contributed by atoms with Crippen molar-refractivity contribution in [1.29, 1.82) is 0 Å². The van der Waals surface area contributed by atoms with Gasteiger partial charge in [0.05, 0.1) is 17.0 Å². The zero-order chi connectivity index (χ0) is 25.3. The Kier molecular flexibility index (Phi) is 7.44. The van der Waals surface area contributed by atoms with Crippen LogP contribution in [0.1, 0.15) is 11.3 Å². The molecule has 0 bridgehead atoms. The number of anilines is 4. The van der Waals surface area contributed by atoms with Crippen molar-refractivity contribution < 1.29 is 8.42 Å². The summed E-state index contributed by atoms with van der Waals surface area (Å²) in [7, 11) is -1.89. The van der Waals surface area contributed by atoms with Crippen LogP contribution in [0.25, 0.3) is 10.9 Å². The van der Waals surface area contributed by atoms with E-state index in [-0.39, 0.29) is 17.3 Å². The summed E-state index contributed by atoms with van der Waals surface area (Å²) in [6, 6.07) is 24.4. The molecule has 37 heavy (non-hydrogen) atoms. The minimum Gasteiger partial charge on any atom is -0.329 e. The number of hydrogen-bond acceptors (Lipinski definition) is 7. The molecule has 3 aromatic carbocycles. The van der Waals surface area contributed by atoms with Gasteiger partial charge in [-0.1, -0.05) is 36.4 Å². The predicted octanol–water partition coefficient (Wildman–Crippen LogP) is 4.76. The fraction of sp³-hybridized carbons (Fsp3) is 0.115.